The van der Waals surface area contributed by atoms with E-state index in [1.54, 1.807) is 17.0 Å². The number of amides is 1. The van der Waals surface area contributed by atoms with Crippen molar-refractivity contribution in [3.05, 3.63) is 36.3 Å². The van der Waals surface area contributed by atoms with Crippen LogP contribution >= 0.6 is 11.3 Å². The lowest BCUT2D eigenvalue weighted by atomic mass is 10.3. The zero-order valence-corrected chi connectivity index (χ0v) is 16.2. The molecule has 27 heavy (non-hydrogen) atoms. The maximum Gasteiger partial charge on any atom is 0.295 e. The van der Waals surface area contributed by atoms with Crippen LogP contribution in [0.5, 0.6) is 11.5 Å². The minimum Gasteiger partial charge on any atom is -0.459 e. The van der Waals surface area contributed by atoms with Gasteiger partial charge in [0.15, 0.2) is 22.4 Å². The Bertz CT molecular complexity index is 893. The molecule has 1 amide bonds. The van der Waals surface area contributed by atoms with Crippen LogP contribution in [0.1, 0.15) is 24.4 Å². The normalized spacial score (nSPS) is 12.9. The van der Waals surface area contributed by atoms with Gasteiger partial charge in [-0.1, -0.05) is 11.3 Å². The number of likely N-dealkylation sites (N-methyl/N-ethyl adjacent to an activating group) is 1. The fourth-order valence-electron chi connectivity index (χ4n) is 3.11. The highest BCUT2D eigenvalue weighted by Crippen LogP contribution is 2.39. The second kappa shape index (κ2) is 7.58. The maximum atomic E-state index is 13.0. The van der Waals surface area contributed by atoms with E-state index in [1.165, 1.54) is 22.5 Å². The number of nitrogens with one attached hydrogen (secondary N) is 1. The Balaban J connectivity index is 1.66. The van der Waals surface area contributed by atoms with Gasteiger partial charge in [0.25, 0.3) is 5.91 Å². The van der Waals surface area contributed by atoms with Gasteiger partial charge in [-0.15, -0.1) is 0 Å². The van der Waals surface area contributed by atoms with Crippen molar-refractivity contribution in [3.63, 3.8) is 0 Å². The Morgan fingerprint density at radius 1 is 1.26 bits per heavy atom. The van der Waals surface area contributed by atoms with Crippen molar-refractivity contribution in [1.82, 2.24) is 4.98 Å². The van der Waals surface area contributed by atoms with E-state index >= 15 is 0 Å². The number of carbonyl (C=O) groups excluding carboxylic acids is 1. The first-order chi connectivity index (χ1) is 13.2. The topological polar surface area (TPSA) is 69.2 Å². The summed E-state index contributed by atoms with van der Waals surface area (Å²) in [5.74, 6) is 1.55. The van der Waals surface area contributed by atoms with Gasteiger partial charge >= 0.3 is 0 Å². The van der Waals surface area contributed by atoms with Gasteiger partial charge in [-0.3, -0.25) is 9.69 Å². The molecule has 3 aromatic rings. The Hall–Kier alpha value is -2.58. The monoisotopic (exact) mass is 388 g/mol. The van der Waals surface area contributed by atoms with Crippen LogP contribution in [0.25, 0.3) is 10.2 Å². The van der Waals surface area contributed by atoms with E-state index in [0.29, 0.717) is 28.9 Å². The average molecular weight is 388 g/mol. The molecule has 4 rings (SSSR count). The van der Waals surface area contributed by atoms with Crippen molar-refractivity contribution in [2.75, 3.05) is 37.9 Å². The summed E-state index contributed by atoms with van der Waals surface area (Å²) in [5, 5.41) is 0.654. The minimum absolute atomic E-state index is 0.175. The highest BCUT2D eigenvalue weighted by Gasteiger charge is 2.25. The maximum absolute atomic E-state index is 13.0. The molecule has 0 aliphatic carbocycles. The molecule has 0 bridgehead atoms. The third-order valence-electron chi connectivity index (χ3n) is 4.77. The van der Waals surface area contributed by atoms with Gasteiger partial charge in [-0.05, 0) is 26.0 Å². The van der Waals surface area contributed by atoms with Crippen LogP contribution in [-0.4, -0.2) is 43.9 Å². The molecule has 0 saturated heterocycles. The van der Waals surface area contributed by atoms with Gasteiger partial charge in [0.2, 0.25) is 6.79 Å². The first kappa shape index (κ1) is 17.8. The summed E-state index contributed by atoms with van der Waals surface area (Å²) in [5.41, 5.74) is 0.798. The summed E-state index contributed by atoms with van der Waals surface area (Å²) in [6.07, 6.45) is 1.51. The number of fused-ring (bicyclic) bond motifs is 2. The fourth-order valence-corrected chi connectivity index (χ4v) is 4.11. The number of furan rings is 1. The van der Waals surface area contributed by atoms with Gasteiger partial charge < -0.3 is 18.8 Å². The summed E-state index contributed by atoms with van der Waals surface area (Å²) in [6.45, 7) is 7.98. The average Bonchev–Trinajstić information content (AvgIpc) is 3.42. The molecule has 0 fully saturated rings. The van der Waals surface area contributed by atoms with Crippen LogP contribution < -0.4 is 19.3 Å². The number of rotatable bonds is 7. The molecule has 1 aliphatic heterocycles. The Labute approximate surface area is 161 Å². The van der Waals surface area contributed by atoms with Crippen molar-refractivity contribution >= 4 is 32.6 Å². The molecule has 0 unspecified atom stereocenters. The summed E-state index contributed by atoms with van der Waals surface area (Å²) in [7, 11) is 0. The minimum atomic E-state index is -0.175. The van der Waals surface area contributed by atoms with Crippen LogP contribution in [-0.2, 0) is 0 Å². The van der Waals surface area contributed by atoms with Crippen molar-refractivity contribution < 1.29 is 23.6 Å². The predicted octanol–water partition coefficient (Wildman–Crippen LogP) is 2.19. The Morgan fingerprint density at radius 3 is 2.74 bits per heavy atom. The third-order valence-corrected chi connectivity index (χ3v) is 5.81. The van der Waals surface area contributed by atoms with Crippen molar-refractivity contribution in [1.29, 1.82) is 0 Å². The summed E-state index contributed by atoms with van der Waals surface area (Å²) >= 11 is 1.47. The van der Waals surface area contributed by atoms with Crippen LogP contribution in [0.4, 0.5) is 5.13 Å². The highest BCUT2D eigenvalue weighted by atomic mass is 32.1. The fraction of sp³-hybridized carbons (Fsp3) is 0.368. The summed E-state index contributed by atoms with van der Waals surface area (Å²) < 4.78 is 17.2. The number of hydrogen-bond donors (Lipinski definition) is 1. The molecule has 7 nitrogen and oxygen atoms in total. The third kappa shape index (κ3) is 3.50. The lowest BCUT2D eigenvalue weighted by Gasteiger charge is -2.22. The molecule has 8 heteroatoms. The molecular weight excluding hydrogens is 366 g/mol. The number of anilines is 1. The molecule has 1 aromatic carbocycles. The van der Waals surface area contributed by atoms with Gasteiger partial charge in [0, 0.05) is 12.1 Å². The molecule has 1 N–H and O–H groups in total. The summed E-state index contributed by atoms with van der Waals surface area (Å²) in [6, 6.07) is 7.19. The van der Waals surface area contributed by atoms with Crippen molar-refractivity contribution in [2.24, 2.45) is 0 Å². The van der Waals surface area contributed by atoms with Crippen molar-refractivity contribution in [3.8, 4) is 11.5 Å². The first-order valence-corrected chi connectivity index (χ1v) is 9.90. The SMILES string of the molecule is CC[NH+](CC)CCN(C(=O)c1ccco1)c1nc2cc3c(cc2s1)OCO3. The zero-order chi connectivity index (χ0) is 18.8. The predicted molar refractivity (Wildman–Crippen MR) is 103 cm³/mol. The highest BCUT2D eigenvalue weighted by molar-refractivity contribution is 7.22. The lowest BCUT2D eigenvalue weighted by molar-refractivity contribution is -0.894. The molecule has 0 saturated carbocycles. The molecule has 1 aliphatic rings. The van der Waals surface area contributed by atoms with Crippen LogP contribution in [0.15, 0.2) is 34.9 Å². The second-order valence-electron chi connectivity index (χ2n) is 6.31. The number of thiazole rings is 1. The van der Waals surface area contributed by atoms with Gasteiger partial charge in [-0.25, -0.2) is 4.98 Å². The number of ether oxygens (including phenoxy) is 2. The van der Waals surface area contributed by atoms with E-state index in [9.17, 15) is 4.79 Å². The molecule has 0 radical (unpaired) electrons. The van der Waals surface area contributed by atoms with Crippen molar-refractivity contribution in [2.45, 2.75) is 13.8 Å². The molecule has 0 spiro atoms. The van der Waals surface area contributed by atoms with E-state index in [2.05, 4.69) is 18.8 Å². The van der Waals surface area contributed by atoms with E-state index in [4.69, 9.17) is 13.9 Å². The summed E-state index contributed by atoms with van der Waals surface area (Å²) in [4.78, 5) is 20.8. The number of nitrogens with zero attached hydrogens (tertiary/aromatic N) is 2. The standard InChI is InChI=1S/C19H21N3O4S/c1-3-21(4-2)7-8-22(18(23)14-6-5-9-24-14)19-20-13-10-15-16(26-12-25-15)11-17(13)27-19/h5-6,9-11H,3-4,7-8,12H2,1-2H3/p+1. The van der Waals surface area contributed by atoms with E-state index in [1.807, 2.05) is 12.1 Å². The van der Waals surface area contributed by atoms with Crippen LogP contribution in [0, 0.1) is 0 Å². The Morgan fingerprint density at radius 2 is 2.04 bits per heavy atom. The van der Waals surface area contributed by atoms with E-state index in [-0.39, 0.29) is 12.7 Å². The van der Waals surface area contributed by atoms with Crippen LogP contribution in [0.3, 0.4) is 0 Å². The second-order valence-corrected chi connectivity index (χ2v) is 7.32. The molecule has 0 atom stereocenters. The van der Waals surface area contributed by atoms with Gasteiger partial charge in [0.1, 0.15) is 0 Å². The quantitative estimate of drug-likeness (QED) is 0.672. The lowest BCUT2D eigenvalue weighted by Crippen LogP contribution is -3.12. The van der Waals surface area contributed by atoms with Crippen LogP contribution in [0.2, 0.25) is 0 Å². The molecule has 142 valence electrons. The van der Waals surface area contributed by atoms with Gasteiger partial charge in [0.05, 0.1) is 42.7 Å². The molecule has 2 aromatic heterocycles. The van der Waals surface area contributed by atoms with Gasteiger partial charge in [-0.2, -0.15) is 0 Å². The number of hydrogen-bond acceptors (Lipinski definition) is 6. The number of benzene rings is 1. The Kier molecular flexibility index (Phi) is 5.00. The first-order valence-electron chi connectivity index (χ1n) is 9.08. The largest absolute Gasteiger partial charge is 0.459 e. The van der Waals surface area contributed by atoms with E-state index < -0.39 is 0 Å². The number of aromatic nitrogens is 1. The number of carbonyl (C=O) groups is 1. The zero-order valence-electron chi connectivity index (χ0n) is 15.4. The van der Waals surface area contributed by atoms with E-state index in [0.717, 1.165) is 29.9 Å². The molecular formula is C19H22N3O4S+. The smallest absolute Gasteiger partial charge is 0.295 e. The molecule has 3 heterocycles. The number of quaternary nitrogens is 1.